The molecule has 0 bridgehead atoms. The lowest BCUT2D eigenvalue weighted by molar-refractivity contribution is -0.190. The van der Waals surface area contributed by atoms with Crippen molar-refractivity contribution in [1.82, 2.24) is 10.2 Å². The van der Waals surface area contributed by atoms with E-state index in [1.807, 2.05) is 20.8 Å². The van der Waals surface area contributed by atoms with Gasteiger partial charge in [-0.15, -0.1) is 0 Å². The second-order valence-electron chi connectivity index (χ2n) is 6.24. The van der Waals surface area contributed by atoms with E-state index in [1.165, 1.54) is 0 Å². The second-order valence-corrected chi connectivity index (χ2v) is 6.24. The van der Waals surface area contributed by atoms with Crippen LogP contribution in [0.2, 0.25) is 0 Å². The molecule has 1 aromatic rings. The van der Waals surface area contributed by atoms with Gasteiger partial charge in [0.2, 0.25) is 5.88 Å². The zero-order chi connectivity index (χ0) is 14.3. The fraction of sp³-hybridized carbons (Fsp3) is 0.769. The highest BCUT2D eigenvalue weighted by Crippen LogP contribution is 2.59. The first-order chi connectivity index (χ1) is 8.66. The van der Waals surface area contributed by atoms with E-state index in [2.05, 4.69) is 10.2 Å². The van der Waals surface area contributed by atoms with E-state index in [0.717, 1.165) is 5.56 Å². The summed E-state index contributed by atoms with van der Waals surface area (Å²) >= 11 is 0. The van der Waals surface area contributed by atoms with Crippen molar-refractivity contribution in [3.8, 4) is 5.88 Å². The molecule has 108 valence electrons. The summed E-state index contributed by atoms with van der Waals surface area (Å²) < 4.78 is 43.7. The predicted molar refractivity (Wildman–Crippen MR) is 65.1 cm³/mol. The first kappa shape index (κ1) is 14.2. The number of nitrogens with one attached hydrogen (secondary N) is 1. The Kier molecular flexibility index (Phi) is 3.31. The van der Waals surface area contributed by atoms with E-state index in [-0.39, 0.29) is 31.3 Å². The maximum Gasteiger partial charge on any atom is 0.394 e. The molecule has 1 heterocycles. The van der Waals surface area contributed by atoms with Crippen molar-refractivity contribution >= 4 is 0 Å². The van der Waals surface area contributed by atoms with Gasteiger partial charge in [0.05, 0.1) is 18.2 Å². The topological polar surface area (TPSA) is 37.9 Å². The average molecular weight is 276 g/mol. The third kappa shape index (κ3) is 2.87. The molecule has 1 aliphatic rings. The molecule has 0 amide bonds. The third-order valence-electron chi connectivity index (χ3n) is 3.69. The van der Waals surface area contributed by atoms with Crippen molar-refractivity contribution < 1.29 is 17.9 Å². The molecule has 0 aromatic carbocycles. The van der Waals surface area contributed by atoms with Crippen LogP contribution in [0.15, 0.2) is 6.20 Å². The number of ether oxygens (including phenoxy) is 1. The van der Waals surface area contributed by atoms with Gasteiger partial charge in [-0.05, 0) is 24.7 Å². The monoisotopic (exact) mass is 276 g/mol. The van der Waals surface area contributed by atoms with Crippen LogP contribution in [0.4, 0.5) is 13.2 Å². The summed E-state index contributed by atoms with van der Waals surface area (Å²) in [5.74, 6) is 0.477. The molecule has 19 heavy (non-hydrogen) atoms. The SMILES string of the molecule is CC(C)(C)c1cn[nH]c1OCCC1(C(F)(F)F)CC1. The predicted octanol–water partition coefficient (Wildman–Crippen LogP) is 3.82. The molecular formula is C13H19F3N2O. The molecule has 1 aliphatic carbocycles. The molecule has 1 saturated carbocycles. The zero-order valence-electron chi connectivity index (χ0n) is 11.4. The lowest BCUT2D eigenvalue weighted by atomic mass is 9.89. The smallest absolute Gasteiger partial charge is 0.394 e. The second kappa shape index (κ2) is 4.42. The van der Waals surface area contributed by atoms with E-state index < -0.39 is 11.6 Å². The van der Waals surface area contributed by atoms with E-state index in [0.29, 0.717) is 5.88 Å². The minimum Gasteiger partial charge on any atom is -0.478 e. The van der Waals surface area contributed by atoms with Crippen LogP contribution in [0.25, 0.3) is 0 Å². The van der Waals surface area contributed by atoms with Crippen LogP contribution in [0.5, 0.6) is 5.88 Å². The van der Waals surface area contributed by atoms with Crippen molar-refractivity contribution in [2.24, 2.45) is 5.41 Å². The highest BCUT2D eigenvalue weighted by molar-refractivity contribution is 5.29. The van der Waals surface area contributed by atoms with Crippen LogP contribution < -0.4 is 4.74 Å². The molecule has 0 spiro atoms. The summed E-state index contributed by atoms with van der Waals surface area (Å²) in [6, 6.07) is 0. The van der Waals surface area contributed by atoms with Gasteiger partial charge < -0.3 is 4.74 Å². The Labute approximate surface area is 110 Å². The molecule has 6 heteroatoms. The number of aromatic nitrogens is 2. The highest BCUT2D eigenvalue weighted by Gasteiger charge is 2.62. The first-order valence-electron chi connectivity index (χ1n) is 6.39. The van der Waals surface area contributed by atoms with Gasteiger partial charge in [0, 0.05) is 5.56 Å². The van der Waals surface area contributed by atoms with Gasteiger partial charge in [0.25, 0.3) is 0 Å². The Hall–Kier alpha value is -1.20. The number of alkyl halides is 3. The van der Waals surface area contributed by atoms with E-state index in [1.54, 1.807) is 6.20 Å². The molecule has 3 nitrogen and oxygen atoms in total. The van der Waals surface area contributed by atoms with Crippen molar-refractivity contribution in [2.75, 3.05) is 6.61 Å². The minimum atomic E-state index is -4.11. The van der Waals surface area contributed by atoms with E-state index >= 15 is 0 Å². The van der Waals surface area contributed by atoms with Crippen molar-refractivity contribution in [1.29, 1.82) is 0 Å². The van der Waals surface area contributed by atoms with Crippen molar-refractivity contribution in [3.05, 3.63) is 11.8 Å². The van der Waals surface area contributed by atoms with Gasteiger partial charge in [-0.2, -0.15) is 18.3 Å². The molecule has 0 unspecified atom stereocenters. The molecule has 1 aromatic heterocycles. The summed E-state index contributed by atoms with van der Waals surface area (Å²) in [6.45, 7) is 6.07. The summed E-state index contributed by atoms with van der Waals surface area (Å²) in [4.78, 5) is 0. The molecule has 1 N–H and O–H groups in total. The Morgan fingerprint density at radius 2 is 1.95 bits per heavy atom. The van der Waals surface area contributed by atoms with Gasteiger partial charge in [0.1, 0.15) is 0 Å². The van der Waals surface area contributed by atoms with Crippen LogP contribution in [-0.2, 0) is 5.41 Å². The number of nitrogens with zero attached hydrogens (tertiary/aromatic N) is 1. The Bertz CT molecular complexity index is 441. The number of aromatic amines is 1. The minimum absolute atomic E-state index is 0.0130. The van der Waals surface area contributed by atoms with Gasteiger partial charge in [-0.1, -0.05) is 20.8 Å². The lowest BCUT2D eigenvalue weighted by Gasteiger charge is -2.21. The number of hydrogen-bond acceptors (Lipinski definition) is 2. The fourth-order valence-corrected chi connectivity index (χ4v) is 2.09. The molecule has 0 radical (unpaired) electrons. The number of rotatable bonds is 4. The third-order valence-corrected chi connectivity index (χ3v) is 3.69. The maximum atomic E-state index is 12.8. The standard InChI is InChI=1S/C13H19F3N2O/c1-11(2,3)9-8-17-18-10(9)19-7-6-12(4-5-12)13(14,15)16/h8H,4-7H2,1-3H3,(H,17,18). The van der Waals surface area contributed by atoms with Gasteiger partial charge >= 0.3 is 6.18 Å². The van der Waals surface area contributed by atoms with Crippen LogP contribution in [0.1, 0.15) is 45.6 Å². The molecule has 0 aliphatic heterocycles. The number of halogens is 3. The van der Waals surface area contributed by atoms with Gasteiger partial charge in [-0.25, -0.2) is 5.10 Å². The summed E-state index contributed by atoms with van der Waals surface area (Å²) in [5.41, 5.74) is -0.775. The molecular weight excluding hydrogens is 257 g/mol. The summed E-state index contributed by atoms with van der Waals surface area (Å²) in [6.07, 6.45) is -2.01. The van der Waals surface area contributed by atoms with Crippen molar-refractivity contribution in [2.45, 2.75) is 51.6 Å². The molecule has 0 atom stereocenters. The molecule has 0 saturated heterocycles. The lowest BCUT2D eigenvalue weighted by Crippen LogP contribution is -2.26. The largest absolute Gasteiger partial charge is 0.478 e. The number of H-pyrrole nitrogens is 1. The Morgan fingerprint density at radius 1 is 1.32 bits per heavy atom. The fourth-order valence-electron chi connectivity index (χ4n) is 2.09. The normalized spacial score (nSPS) is 18.4. The van der Waals surface area contributed by atoms with E-state index in [4.69, 9.17) is 4.74 Å². The Balaban J connectivity index is 1.93. The first-order valence-corrected chi connectivity index (χ1v) is 6.39. The Morgan fingerprint density at radius 3 is 2.42 bits per heavy atom. The van der Waals surface area contributed by atoms with E-state index in [9.17, 15) is 13.2 Å². The van der Waals surface area contributed by atoms with Crippen LogP contribution in [-0.4, -0.2) is 23.0 Å². The number of hydrogen-bond donors (Lipinski definition) is 1. The van der Waals surface area contributed by atoms with Crippen LogP contribution in [0, 0.1) is 5.41 Å². The average Bonchev–Trinajstić information content (AvgIpc) is 2.87. The summed E-state index contributed by atoms with van der Waals surface area (Å²) in [5, 5.41) is 6.60. The van der Waals surface area contributed by atoms with Crippen LogP contribution in [0.3, 0.4) is 0 Å². The molecule has 1 fully saturated rings. The summed E-state index contributed by atoms with van der Waals surface area (Å²) in [7, 11) is 0. The van der Waals surface area contributed by atoms with Gasteiger partial charge in [-0.3, -0.25) is 0 Å². The van der Waals surface area contributed by atoms with Crippen molar-refractivity contribution in [3.63, 3.8) is 0 Å². The zero-order valence-corrected chi connectivity index (χ0v) is 11.4. The van der Waals surface area contributed by atoms with Crippen LogP contribution >= 0.6 is 0 Å². The quantitative estimate of drug-likeness (QED) is 0.907. The molecule has 2 rings (SSSR count). The van der Waals surface area contributed by atoms with Gasteiger partial charge in [0.15, 0.2) is 0 Å². The highest BCUT2D eigenvalue weighted by atomic mass is 19.4. The maximum absolute atomic E-state index is 12.8.